The van der Waals surface area contributed by atoms with Crippen LogP contribution in [0.4, 0.5) is 0 Å². The Labute approximate surface area is 154 Å². The summed E-state index contributed by atoms with van der Waals surface area (Å²) < 4.78 is 18.8. The van der Waals surface area contributed by atoms with E-state index in [0.29, 0.717) is 0 Å². The molecule has 0 fully saturated rings. The fourth-order valence-corrected chi connectivity index (χ4v) is 3.73. The molecule has 2 bridgehead atoms. The molecule has 2 aliphatic rings. The van der Waals surface area contributed by atoms with Crippen molar-refractivity contribution >= 4 is 23.9 Å². The van der Waals surface area contributed by atoms with Crippen molar-refractivity contribution in [2.45, 2.75) is 6.42 Å². The van der Waals surface area contributed by atoms with E-state index in [0.717, 1.165) is 28.4 Å². The molecule has 4 unspecified atom stereocenters. The first-order chi connectivity index (χ1) is 12.7. The predicted molar refractivity (Wildman–Crippen MR) is 86.0 cm³/mol. The Kier molecular flexibility index (Phi) is 5.77. The molecule has 2 N–H and O–H groups in total. The first-order valence-corrected chi connectivity index (χ1v) is 7.91. The summed E-state index contributed by atoms with van der Waals surface area (Å²) in [6.07, 6.45) is -0.304. The summed E-state index contributed by atoms with van der Waals surface area (Å²) in [6, 6.07) is 0. The second kappa shape index (κ2) is 7.68. The number of hydrogen-bond acceptors (Lipinski definition) is 10. The van der Waals surface area contributed by atoms with Gasteiger partial charge in [-0.05, 0) is 0 Å². The molecule has 10 nitrogen and oxygen atoms in total. The Morgan fingerprint density at radius 1 is 0.852 bits per heavy atom. The van der Waals surface area contributed by atoms with Crippen LogP contribution >= 0.6 is 0 Å². The fourth-order valence-electron chi connectivity index (χ4n) is 3.73. The number of aliphatic hydroxyl groups is 2. The molecule has 148 valence electrons. The minimum absolute atomic E-state index is 0.177. The Bertz CT molecular complexity index is 747. The standard InChI is InChI=1S/C17H20O10/c1-24-14(20)6-5-7(18)9-10(15(21)25-2)8(6)11(16(22)26-3)13(19)12(9)17(23)27-4/h6,8,10,12,18-19H,5H2,1-4H3. The number of methoxy groups -OCH3 is 4. The number of allylic oxidation sites excluding steroid dienone is 1. The number of fused-ring (bicyclic) bond motifs is 2. The topological polar surface area (TPSA) is 146 Å². The van der Waals surface area contributed by atoms with Gasteiger partial charge in [-0.15, -0.1) is 0 Å². The molecule has 0 spiro atoms. The van der Waals surface area contributed by atoms with Gasteiger partial charge in [-0.3, -0.25) is 14.4 Å². The molecule has 0 heterocycles. The van der Waals surface area contributed by atoms with Crippen molar-refractivity contribution in [3.8, 4) is 0 Å². The third-order valence-electron chi connectivity index (χ3n) is 4.87. The van der Waals surface area contributed by atoms with E-state index >= 15 is 0 Å². The molecule has 0 amide bonds. The van der Waals surface area contributed by atoms with E-state index in [-0.39, 0.29) is 12.0 Å². The Morgan fingerprint density at radius 2 is 1.41 bits per heavy atom. The minimum Gasteiger partial charge on any atom is -0.512 e. The van der Waals surface area contributed by atoms with Crippen LogP contribution in [-0.4, -0.2) is 62.5 Å². The molecular weight excluding hydrogens is 364 g/mol. The normalized spacial score (nSPS) is 27.0. The van der Waals surface area contributed by atoms with E-state index in [1.54, 1.807) is 0 Å². The van der Waals surface area contributed by atoms with E-state index in [1.165, 1.54) is 0 Å². The van der Waals surface area contributed by atoms with E-state index in [2.05, 4.69) is 9.47 Å². The Hall–Kier alpha value is -3.04. The van der Waals surface area contributed by atoms with Gasteiger partial charge < -0.3 is 29.2 Å². The summed E-state index contributed by atoms with van der Waals surface area (Å²) >= 11 is 0. The molecule has 0 aromatic rings. The highest BCUT2D eigenvalue weighted by molar-refractivity contribution is 5.97. The quantitative estimate of drug-likeness (QED) is 0.508. The zero-order valence-corrected chi connectivity index (χ0v) is 15.2. The molecule has 0 aromatic carbocycles. The summed E-state index contributed by atoms with van der Waals surface area (Å²) in [4.78, 5) is 49.3. The van der Waals surface area contributed by atoms with E-state index in [9.17, 15) is 29.4 Å². The van der Waals surface area contributed by atoms with E-state index < -0.39 is 64.6 Å². The molecule has 2 aliphatic carbocycles. The third-order valence-corrected chi connectivity index (χ3v) is 4.87. The lowest BCUT2D eigenvalue weighted by Gasteiger charge is -2.42. The lowest BCUT2D eigenvalue weighted by atomic mass is 9.60. The summed E-state index contributed by atoms with van der Waals surface area (Å²) in [5.41, 5.74) is -0.612. The Morgan fingerprint density at radius 3 is 1.89 bits per heavy atom. The number of rotatable bonds is 4. The molecule has 0 saturated carbocycles. The number of esters is 4. The summed E-state index contributed by atoms with van der Waals surface area (Å²) in [5, 5.41) is 21.1. The van der Waals surface area contributed by atoms with Crippen LogP contribution in [0.3, 0.4) is 0 Å². The Balaban J connectivity index is 2.85. The highest BCUT2D eigenvalue weighted by Gasteiger charge is 2.58. The molecule has 0 saturated heterocycles. The van der Waals surface area contributed by atoms with Crippen LogP contribution < -0.4 is 0 Å². The zero-order valence-electron chi connectivity index (χ0n) is 15.2. The van der Waals surface area contributed by atoms with E-state index in [1.807, 2.05) is 0 Å². The average molecular weight is 384 g/mol. The molecule has 2 rings (SSSR count). The number of hydrogen-bond donors (Lipinski definition) is 2. The second-order valence-corrected chi connectivity index (χ2v) is 6.01. The van der Waals surface area contributed by atoms with Gasteiger partial charge in [0.05, 0.1) is 51.6 Å². The van der Waals surface area contributed by atoms with Crippen LogP contribution in [0.25, 0.3) is 0 Å². The third kappa shape index (κ3) is 3.11. The number of carbonyl (C=O) groups excluding carboxylic acids is 4. The van der Waals surface area contributed by atoms with Crippen molar-refractivity contribution in [1.29, 1.82) is 0 Å². The maximum Gasteiger partial charge on any atom is 0.337 e. The highest BCUT2D eigenvalue weighted by atomic mass is 16.5. The number of ether oxygens (including phenoxy) is 4. The van der Waals surface area contributed by atoms with Crippen LogP contribution in [-0.2, 0) is 38.1 Å². The van der Waals surface area contributed by atoms with Gasteiger partial charge in [0.25, 0.3) is 0 Å². The maximum absolute atomic E-state index is 12.5. The molecule has 0 aliphatic heterocycles. The van der Waals surface area contributed by atoms with E-state index in [4.69, 9.17) is 9.47 Å². The van der Waals surface area contributed by atoms with Gasteiger partial charge in [-0.25, -0.2) is 4.79 Å². The molecule has 10 heteroatoms. The smallest absolute Gasteiger partial charge is 0.337 e. The monoisotopic (exact) mass is 384 g/mol. The SMILES string of the molecule is COC(=O)C1=C(O)C(C(=O)OC)C2=C(O)CC(C(=O)OC)C1C2C(=O)OC. The van der Waals surface area contributed by atoms with Gasteiger partial charge in [-0.2, -0.15) is 0 Å². The minimum atomic E-state index is -1.61. The largest absolute Gasteiger partial charge is 0.512 e. The molecular formula is C17H20O10. The lowest BCUT2D eigenvalue weighted by Crippen LogP contribution is -2.49. The van der Waals surface area contributed by atoms with Crippen LogP contribution in [0, 0.1) is 23.7 Å². The first kappa shape index (κ1) is 20.3. The summed E-state index contributed by atoms with van der Waals surface area (Å²) in [7, 11) is 4.27. The van der Waals surface area contributed by atoms with Gasteiger partial charge in [-0.1, -0.05) is 0 Å². The van der Waals surface area contributed by atoms with Crippen molar-refractivity contribution in [2.24, 2.45) is 23.7 Å². The van der Waals surface area contributed by atoms with Crippen LogP contribution in [0.1, 0.15) is 6.42 Å². The van der Waals surface area contributed by atoms with Crippen LogP contribution in [0.15, 0.2) is 22.7 Å². The second-order valence-electron chi connectivity index (χ2n) is 6.01. The van der Waals surface area contributed by atoms with Crippen molar-refractivity contribution < 1.29 is 48.3 Å². The van der Waals surface area contributed by atoms with Gasteiger partial charge in [0.2, 0.25) is 0 Å². The van der Waals surface area contributed by atoms with Crippen LogP contribution in [0.5, 0.6) is 0 Å². The van der Waals surface area contributed by atoms with Gasteiger partial charge in [0.15, 0.2) is 0 Å². The predicted octanol–water partition coefficient (Wildman–Crippen LogP) is 0.185. The van der Waals surface area contributed by atoms with Gasteiger partial charge in [0, 0.05) is 17.9 Å². The zero-order chi connectivity index (χ0) is 20.5. The lowest BCUT2D eigenvalue weighted by molar-refractivity contribution is -0.155. The highest BCUT2D eigenvalue weighted by Crippen LogP contribution is 2.52. The molecule has 0 aromatic heterocycles. The van der Waals surface area contributed by atoms with Crippen LogP contribution in [0.2, 0.25) is 0 Å². The summed E-state index contributed by atoms with van der Waals surface area (Å²) in [6.45, 7) is 0. The van der Waals surface area contributed by atoms with Crippen molar-refractivity contribution in [3.05, 3.63) is 22.7 Å². The van der Waals surface area contributed by atoms with Gasteiger partial charge in [0.1, 0.15) is 11.7 Å². The molecule has 4 atom stereocenters. The first-order valence-electron chi connectivity index (χ1n) is 7.91. The van der Waals surface area contributed by atoms with Crippen molar-refractivity contribution in [2.75, 3.05) is 28.4 Å². The maximum atomic E-state index is 12.5. The number of aliphatic hydroxyl groups excluding tert-OH is 2. The fraction of sp³-hybridized carbons (Fsp3) is 0.529. The average Bonchev–Trinajstić information content (AvgIpc) is 2.67. The van der Waals surface area contributed by atoms with Crippen molar-refractivity contribution in [1.82, 2.24) is 0 Å². The van der Waals surface area contributed by atoms with Crippen molar-refractivity contribution in [3.63, 3.8) is 0 Å². The molecule has 0 radical (unpaired) electrons. The van der Waals surface area contributed by atoms with Gasteiger partial charge >= 0.3 is 23.9 Å². The number of carbonyl (C=O) groups is 4. The molecule has 27 heavy (non-hydrogen) atoms. The summed E-state index contributed by atoms with van der Waals surface area (Å²) in [5.74, 6) is -10.4.